The summed E-state index contributed by atoms with van der Waals surface area (Å²) < 4.78 is 5.88. The lowest BCUT2D eigenvalue weighted by atomic mass is 9.80. The molecule has 0 amide bonds. The maximum atomic E-state index is 9.22. The first-order valence-electron chi connectivity index (χ1n) is 5.49. The summed E-state index contributed by atoms with van der Waals surface area (Å²) in [5.41, 5.74) is 0.267. The lowest BCUT2D eigenvalue weighted by molar-refractivity contribution is -0.112. The van der Waals surface area contributed by atoms with Crippen molar-refractivity contribution in [2.75, 3.05) is 12.4 Å². The average Bonchev–Trinajstić information content (AvgIpc) is 2.19. The van der Waals surface area contributed by atoms with Crippen LogP contribution in [0.2, 0.25) is 0 Å². The molecule has 1 saturated heterocycles. The normalized spacial score (nSPS) is 43.9. The monoisotopic (exact) mass is 218 g/mol. The maximum absolute atomic E-state index is 9.22. The molecule has 84 valence electrons. The average molecular weight is 218 g/mol. The van der Waals surface area contributed by atoms with Crippen LogP contribution in [-0.2, 0) is 4.74 Å². The molecular weight excluding hydrogens is 196 g/mol. The van der Waals surface area contributed by atoms with Crippen molar-refractivity contribution >= 4 is 11.8 Å². The number of hydrogen-bond acceptors (Lipinski definition) is 3. The van der Waals surface area contributed by atoms with Crippen LogP contribution in [0, 0.1) is 17.8 Å². The van der Waals surface area contributed by atoms with Crippen molar-refractivity contribution in [2.24, 2.45) is 17.8 Å². The third-order valence-corrected chi connectivity index (χ3v) is 4.70. The molecule has 0 radical (unpaired) electrons. The van der Waals surface area contributed by atoms with E-state index in [0.29, 0.717) is 17.8 Å². The summed E-state index contributed by atoms with van der Waals surface area (Å²) in [5.74, 6) is 2.75. The summed E-state index contributed by atoms with van der Waals surface area (Å²) in [4.78, 5) is 0. The van der Waals surface area contributed by atoms with Crippen LogP contribution < -0.4 is 0 Å². The van der Waals surface area contributed by atoms with Crippen LogP contribution in [0.5, 0.6) is 0 Å². The summed E-state index contributed by atoms with van der Waals surface area (Å²) in [6, 6.07) is 0. The minimum atomic E-state index is 0.0326. The van der Waals surface area contributed by atoms with Crippen molar-refractivity contribution in [2.45, 2.75) is 39.2 Å². The van der Waals surface area contributed by atoms with Crippen LogP contribution in [0.25, 0.3) is 0 Å². The van der Waals surface area contributed by atoms with Gasteiger partial charge in [-0.15, -0.1) is 11.8 Å². The topological polar surface area (TPSA) is 29.5 Å². The van der Waals surface area contributed by atoms with Gasteiger partial charge in [0.25, 0.3) is 0 Å². The Bertz CT molecular complexity index is 171. The molecule has 3 heteroatoms. The van der Waals surface area contributed by atoms with E-state index in [0.717, 1.165) is 5.75 Å². The Morgan fingerprint density at radius 2 is 1.79 bits per heavy atom. The van der Waals surface area contributed by atoms with Gasteiger partial charge in [-0.3, -0.25) is 0 Å². The van der Waals surface area contributed by atoms with Crippen molar-refractivity contribution in [3.8, 4) is 0 Å². The molecule has 5 atom stereocenters. The lowest BCUT2D eigenvalue weighted by Crippen LogP contribution is -2.44. The predicted octanol–water partition coefficient (Wildman–Crippen LogP) is 2.37. The van der Waals surface area contributed by atoms with Gasteiger partial charge < -0.3 is 9.84 Å². The van der Waals surface area contributed by atoms with E-state index >= 15 is 0 Å². The summed E-state index contributed by atoms with van der Waals surface area (Å²) in [6.45, 7) is 9.00. The van der Waals surface area contributed by atoms with Gasteiger partial charge in [0, 0.05) is 0 Å². The molecular formula is C11H22O2S. The van der Waals surface area contributed by atoms with Gasteiger partial charge in [0.05, 0.1) is 12.7 Å². The predicted molar refractivity (Wildman–Crippen MR) is 61.4 cm³/mol. The molecule has 0 aromatic heterocycles. The fourth-order valence-electron chi connectivity index (χ4n) is 2.05. The lowest BCUT2D eigenvalue weighted by Gasteiger charge is -2.42. The maximum Gasteiger partial charge on any atom is 0.106 e. The number of hydrogen-bond donors (Lipinski definition) is 1. The molecule has 0 bridgehead atoms. The molecule has 1 heterocycles. The fourth-order valence-corrected chi connectivity index (χ4v) is 3.15. The van der Waals surface area contributed by atoms with Crippen LogP contribution in [0.1, 0.15) is 27.7 Å². The molecule has 1 fully saturated rings. The Kier molecular flexibility index (Phi) is 4.74. The van der Waals surface area contributed by atoms with Crippen LogP contribution in [0.3, 0.4) is 0 Å². The summed E-state index contributed by atoms with van der Waals surface area (Å²) >= 11 is 1.85. The zero-order valence-corrected chi connectivity index (χ0v) is 10.4. The van der Waals surface area contributed by atoms with Crippen molar-refractivity contribution in [3.63, 3.8) is 0 Å². The Morgan fingerprint density at radius 1 is 1.14 bits per heavy atom. The number of ether oxygens (including phenoxy) is 1. The van der Waals surface area contributed by atoms with E-state index in [1.165, 1.54) is 0 Å². The molecule has 0 spiro atoms. The second-order valence-electron chi connectivity index (χ2n) is 4.26. The highest BCUT2D eigenvalue weighted by atomic mass is 32.2. The molecule has 0 aromatic carbocycles. The highest BCUT2D eigenvalue weighted by molar-refractivity contribution is 7.99. The first-order valence-corrected chi connectivity index (χ1v) is 6.54. The van der Waals surface area contributed by atoms with E-state index in [1.807, 2.05) is 11.8 Å². The van der Waals surface area contributed by atoms with Gasteiger partial charge in [-0.05, 0) is 23.5 Å². The quantitative estimate of drug-likeness (QED) is 0.788. The van der Waals surface area contributed by atoms with E-state index in [1.54, 1.807) is 0 Å². The third-order valence-electron chi connectivity index (χ3n) is 3.49. The van der Waals surface area contributed by atoms with Gasteiger partial charge in [-0.1, -0.05) is 27.7 Å². The van der Waals surface area contributed by atoms with E-state index < -0.39 is 0 Å². The minimum Gasteiger partial charge on any atom is -0.394 e. The number of aliphatic hydroxyl groups excluding tert-OH is 1. The summed E-state index contributed by atoms with van der Waals surface area (Å²) in [6.07, 6.45) is 0.0326. The Hall–Kier alpha value is 0.270. The Balaban J connectivity index is 2.63. The molecule has 2 unspecified atom stereocenters. The molecule has 1 aliphatic heterocycles. The molecule has 0 aliphatic carbocycles. The van der Waals surface area contributed by atoms with Crippen molar-refractivity contribution in [3.05, 3.63) is 0 Å². The second kappa shape index (κ2) is 5.38. The van der Waals surface area contributed by atoms with Gasteiger partial charge >= 0.3 is 0 Å². The van der Waals surface area contributed by atoms with Crippen molar-refractivity contribution in [1.29, 1.82) is 0 Å². The van der Waals surface area contributed by atoms with Crippen LogP contribution in [-0.4, -0.2) is 29.0 Å². The fraction of sp³-hybridized carbons (Fsp3) is 1.00. The molecule has 1 aliphatic rings. The molecule has 0 saturated carbocycles. The highest BCUT2D eigenvalue weighted by Gasteiger charge is 2.38. The third kappa shape index (κ3) is 2.44. The smallest absolute Gasteiger partial charge is 0.106 e. The number of thioether (sulfide) groups is 1. The zero-order chi connectivity index (χ0) is 10.7. The van der Waals surface area contributed by atoms with Crippen LogP contribution in [0.15, 0.2) is 0 Å². The van der Waals surface area contributed by atoms with Crippen LogP contribution in [0.4, 0.5) is 0 Å². The molecule has 0 aromatic rings. The van der Waals surface area contributed by atoms with E-state index in [4.69, 9.17) is 4.74 Å². The van der Waals surface area contributed by atoms with Gasteiger partial charge in [0.1, 0.15) is 5.44 Å². The standard InChI is InChI=1S/C11H22O2S/c1-5-14-11-9(4)7(2)8(3)10(6-12)13-11/h7-12H,5-6H2,1-4H3/t7-,8-,9?,10?,11-/m0/s1. The second-order valence-corrected chi connectivity index (χ2v) is 5.63. The van der Waals surface area contributed by atoms with E-state index in [-0.39, 0.29) is 18.1 Å². The molecule has 1 N–H and O–H groups in total. The molecule has 1 rings (SSSR count). The van der Waals surface area contributed by atoms with E-state index in [2.05, 4.69) is 27.7 Å². The van der Waals surface area contributed by atoms with Crippen molar-refractivity contribution in [1.82, 2.24) is 0 Å². The van der Waals surface area contributed by atoms with Gasteiger partial charge in [-0.2, -0.15) is 0 Å². The van der Waals surface area contributed by atoms with E-state index in [9.17, 15) is 5.11 Å². The Morgan fingerprint density at radius 3 is 2.29 bits per heavy atom. The SMILES string of the molecule is CCS[C@@H]1OC(CO)[C@@H](C)[C@H](C)C1C. The largest absolute Gasteiger partial charge is 0.394 e. The number of aliphatic hydroxyl groups is 1. The van der Waals surface area contributed by atoms with Crippen LogP contribution >= 0.6 is 11.8 Å². The number of rotatable bonds is 3. The summed E-state index contributed by atoms with van der Waals surface area (Å²) in [7, 11) is 0. The van der Waals surface area contributed by atoms with Crippen molar-refractivity contribution < 1.29 is 9.84 Å². The molecule has 14 heavy (non-hydrogen) atoms. The first kappa shape index (κ1) is 12.3. The van der Waals surface area contributed by atoms with Gasteiger partial charge in [-0.25, -0.2) is 0 Å². The Labute approximate surface area is 91.4 Å². The highest BCUT2D eigenvalue weighted by Crippen LogP contribution is 2.38. The van der Waals surface area contributed by atoms with Gasteiger partial charge in [0.2, 0.25) is 0 Å². The zero-order valence-electron chi connectivity index (χ0n) is 9.56. The molecule has 2 nitrogen and oxygen atoms in total. The first-order chi connectivity index (χ1) is 6.61. The minimum absolute atomic E-state index is 0.0326. The summed E-state index contributed by atoms with van der Waals surface area (Å²) in [5, 5.41) is 9.22. The van der Waals surface area contributed by atoms with Gasteiger partial charge in [0.15, 0.2) is 0 Å².